The van der Waals surface area contributed by atoms with Crippen LogP contribution < -0.4 is 0 Å². The molecule has 0 heterocycles. The fourth-order valence-corrected chi connectivity index (χ4v) is 1.65. The van der Waals surface area contributed by atoms with Crippen LogP contribution in [0.4, 0.5) is 0 Å². The first-order valence-corrected chi connectivity index (χ1v) is 5.69. The van der Waals surface area contributed by atoms with Gasteiger partial charge in [0.1, 0.15) is 5.41 Å². The van der Waals surface area contributed by atoms with E-state index in [4.69, 9.17) is 10.5 Å². The van der Waals surface area contributed by atoms with Gasteiger partial charge in [0, 0.05) is 13.1 Å². The van der Waals surface area contributed by atoms with Gasteiger partial charge in [-0.25, -0.2) is 0 Å². The highest BCUT2D eigenvalue weighted by Gasteiger charge is 2.37. The summed E-state index contributed by atoms with van der Waals surface area (Å²) in [6.07, 6.45) is 1.35. The van der Waals surface area contributed by atoms with Gasteiger partial charge < -0.3 is 4.90 Å². The third kappa shape index (κ3) is 2.97. The molecule has 0 aromatic carbocycles. The van der Waals surface area contributed by atoms with Gasteiger partial charge in [-0.3, -0.25) is 4.79 Å². The lowest BCUT2D eigenvalue weighted by molar-refractivity contribution is -0.139. The summed E-state index contributed by atoms with van der Waals surface area (Å²) in [7, 11) is 0. The standard InChI is InChI=1S/C12H19N3O/c1-4-12(5-2,10-14)11(16)15(6-3)9-7-8-13/h4-7,9H2,1-3H3. The Hall–Kier alpha value is -1.55. The third-order valence-electron chi connectivity index (χ3n) is 2.99. The van der Waals surface area contributed by atoms with E-state index in [0.717, 1.165) is 0 Å². The maximum absolute atomic E-state index is 12.2. The molecule has 0 fully saturated rings. The molecule has 0 aliphatic rings. The Morgan fingerprint density at radius 2 is 1.81 bits per heavy atom. The molecule has 4 heteroatoms. The molecule has 0 saturated heterocycles. The summed E-state index contributed by atoms with van der Waals surface area (Å²) >= 11 is 0. The van der Waals surface area contributed by atoms with Crippen molar-refractivity contribution in [3.63, 3.8) is 0 Å². The molecule has 88 valence electrons. The zero-order chi connectivity index (χ0) is 12.6. The summed E-state index contributed by atoms with van der Waals surface area (Å²) in [5, 5.41) is 17.7. The van der Waals surface area contributed by atoms with E-state index in [-0.39, 0.29) is 5.91 Å². The zero-order valence-electron chi connectivity index (χ0n) is 10.3. The number of carbonyl (C=O) groups is 1. The Bertz CT molecular complexity index is 307. The Morgan fingerprint density at radius 1 is 1.25 bits per heavy atom. The van der Waals surface area contributed by atoms with Crippen LogP contribution in [0, 0.1) is 28.1 Å². The molecule has 0 aromatic rings. The van der Waals surface area contributed by atoms with Crippen LogP contribution in [-0.2, 0) is 4.79 Å². The highest BCUT2D eigenvalue weighted by molar-refractivity contribution is 5.85. The first-order chi connectivity index (χ1) is 7.61. The third-order valence-corrected chi connectivity index (χ3v) is 2.99. The lowest BCUT2D eigenvalue weighted by atomic mass is 9.82. The van der Waals surface area contributed by atoms with Crippen LogP contribution in [0.1, 0.15) is 40.0 Å². The van der Waals surface area contributed by atoms with Crippen molar-refractivity contribution < 1.29 is 4.79 Å². The average molecular weight is 221 g/mol. The second-order valence-electron chi connectivity index (χ2n) is 3.69. The van der Waals surface area contributed by atoms with E-state index in [1.807, 2.05) is 26.8 Å². The van der Waals surface area contributed by atoms with Gasteiger partial charge in [-0.2, -0.15) is 10.5 Å². The van der Waals surface area contributed by atoms with Gasteiger partial charge >= 0.3 is 0 Å². The highest BCUT2D eigenvalue weighted by atomic mass is 16.2. The lowest BCUT2D eigenvalue weighted by Gasteiger charge is -2.29. The number of rotatable bonds is 6. The number of hydrogen-bond acceptors (Lipinski definition) is 3. The Labute approximate surface area is 97.5 Å². The quantitative estimate of drug-likeness (QED) is 0.689. The van der Waals surface area contributed by atoms with Gasteiger partial charge in [0.05, 0.1) is 18.6 Å². The van der Waals surface area contributed by atoms with Crippen molar-refractivity contribution >= 4 is 5.91 Å². The van der Waals surface area contributed by atoms with Crippen molar-refractivity contribution in [2.24, 2.45) is 5.41 Å². The van der Waals surface area contributed by atoms with Crippen molar-refractivity contribution in [3.05, 3.63) is 0 Å². The molecule has 0 radical (unpaired) electrons. The summed E-state index contributed by atoms with van der Waals surface area (Å²) < 4.78 is 0. The fourth-order valence-electron chi connectivity index (χ4n) is 1.65. The van der Waals surface area contributed by atoms with Crippen LogP contribution >= 0.6 is 0 Å². The minimum absolute atomic E-state index is 0.141. The molecule has 0 unspecified atom stereocenters. The van der Waals surface area contributed by atoms with E-state index in [1.54, 1.807) is 4.90 Å². The Morgan fingerprint density at radius 3 is 2.12 bits per heavy atom. The number of nitriles is 2. The van der Waals surface area contributed by atoms with E-state index in [0.29, 0.717) is 32.4 Å². The molecule has 1 amide bonds. The summed E-state index contributed by atoms with van der Waals surface area (Å²) in [6.45, 7) is 6.52. The summed E-state index contributed by atoms with van der Waals surface area (Å²) in [4.78, 5) is 13.8. The first kappa shape index (κ1) is 14.5. The number of amides is 1. The molecule has 0 bridgehead atoms. The van der Waals surface area contributed by atoms with Crippen molar-refractivity contribution in [1.82, 2.24) is 4.90 Å². The minimum atomic E-state index is -0.911. The van der Waals surface area contributed by atoms with E-state index in [2.05, 4.69) is 6.07 Å². The summed E-state index contributed by atoms with van der Waals surface area (Å²) in [5.74, 6) is -0.141. The molecule has 0 spiro atoms. The summed E-state index contributed by atoms with van der Waals surface area (Å²) in [5.41, 5.74) is -0.911. The molecule has 0 aromatic heterocycles. The number of nitrogens with zero attached hydrogens (tertiary/aromatic N) is 3. The molecule has 0 aliphatic carbocycles. The first-order valence-electron chi connectivity index (χ1n) is 5.69. The van der Waals surface area contributed by atoms with Crippen LogP contribution in [0.15, 0.2) is 0 Å². The molecular weight excluding hydrogens is 202 g/mol. The smallest absolute Gasteiger partial charge is 0.243 e. The van der Waals surface area contributed by atoms with Crippen LogP contribution in [0.2, 0.25) is 0 Å². The molecule has 0 atom stereocenters. The van der Waals surface area contributed by atoms with Crippen molar-refractivity contribution in [2.75, 3.05) is 13.1 Å². The SMILES string of the molecule is CCN(CCC#N)C(=O)C(C#N)(CC)CC. The van der Waals surface area contributed by atoms with Gasteiger partial charge in [0.15, 0.2) is 0 Å². The van der Waals surface area contributed by atoms with Gasteiger partial charge in [0.2, 0.25) is 5.91 Å². The molecular formula is C12H19N3O. The maximum Gasteiger partial charge on any atom is 0.243 e. The van der Waals surface area contributed by atoms with Crippen molar-refractivity contribution in [2.45, 2.75) is 40.0 Å². The lowest BCUT2D eigenvalue weighted by Crippen LogP contribution is -2.43. The minimum Gasteiger partial charge on any atom is -0.341 e. The molecule has 16 heavy (non-hydrogen) atoms. The Balaban J connectivity index is 4.85. The Kier molecular flexibility index (Phi) is 6.18. The van der Waals surface area contributed by atoms with Crippen LogP contribution in [-0.4, -0.2) is 23.9 Å². The van der Waals surface area contributed by atoms with Crippen molar-refractivity contribution in [3.8, 4) is 12.1 Å². The number of carbonyl (C=O) groups excluding carboxylic acids is 1. The van der Waals surface area contributed by atoms with Gasteiger partial charge in [-0.1, -0.05) is 13.8 Å². The van der Waals surface area contributed by atoms with Crippen LogP contribution in [0.3, 0.4) is 0 Å². The normalized spacial score (nSPS) is 10.3. The number of hydrogen-bond donors (Lipinski definition) is 0. The molecule has 4 nitrogen and oxygen atoms in total. The molecule has 0 aliphatic heterocycles. The fraction of sp³-hybridized carbons (Fsp3) is 0.750. The maximum atomic E-state index is 12.2. The second-order valence-corrected chi connectivity index (χ2v) is 3.69. The van der Waals surface area contributed by atoms with E-state index < -0.39 is 5.41 Å². The molecule has 0 N–H and O–H groups in total. The average Bonchev–Trinajstić information content (AvgIpc) is 2.33. The van der Waals surface area contributed by atoms with E-state index in [9.17, 15) is 4.79 Å². The molecule has 0 rings (SSSR count). The highest BCUT2D eigenvalue weighted by Crippen LogP contribution is 2.28. The monoisotopic (exact) mass is 221 g/mol. The van der Waals surface area contributed by atoms with Crippen LogP contribution in [0.5, 0.6) is 0 Å². The van der Waals surface area contributed by atoms with Gasteiger partial charge in [-0.15, -0.1) is 0 Å². The van der Waals surface area contributed by atoms with Crippen LogP contribution in [0.25, 0.3) is 0 Å². The second kappa shape index (κ2) is 6.85. The molecule has 0 saturated carbocycles. The largest absolute Gasteiger partial charge is 0.341 e. The van der Waals surface area contributed by atoms with Gasteiger partial charge in [0.25, 0.3) is 0 Å². The van der Waals surface area contributed by atoms with Crippen molar-refractivity contribution in [1.29, 1.82) is 10.5 Å². The van der Waals surface area contributed by atoms with Gasteiger partial charge in [-0.05, 0) is 19.8 Å². The topological polar surface area (TPSA) is 67.9 Å². The predicted octanol–water partition coefficient (Wildman–Crippen LogP) is 2.08. The van der Waals surface area contributed by atoms with E-state index >= 15 is 0 Å². The van der Waals surface area contributed by atoms with E-state index in [1.165, 1.54) is 0 Å². The zero-order valence-corrected chi connectivity index (χ0v) is 10.3. The summed E-state index contributed by atoms with van der Waals surface area (Å²) in [6, 6.07) is 4.15. The predicted molar refractivity (Wildman–Crippen MR) is 61.1 cm³/mol.